The zero-order chi connectivity index (χ0) is 21.6. The molecule has 1 aromatic carbocycles. The number of benzene rings is 1. The van der Waals surface area contributed by atoms with Crippen molar-refractivity contribution in [1.29, 1.82) is 0 Å². The number of alkyl halides is 3. The van der Waals surface area contributed by atoms with E-state index in [1.165, 1.54) is 16.8 Å². The number of carbonyl (C=O) groups is 2. The van der Waals surface area contributed by atoms with E-state index in [1.54, 1.807) is 30.3 Å². The number of imide groups is 1. The van der Waals surface area contributed by atoms with E-state index in [9.17, 15) is 9.59 Å². The molecule has 9 heteroatoms. The van der Waals surface area contributed by atoms with E-state index in [4.69, 9.17) is 34.8 Å². The smallest absolute Gasteiger partial charge is 0.265 e. The van der Waals surface area contributed by atoms with Gasteiger partial charge in [0.25, 0.3) is 5.91 Å². The summed E-state index contributed by atoms with van der Waals surface area (Å²) in [5.41, 5.74) is 0.461. The number of rotatable bonds is 3. The molecule has 29 heavy (non-hydrogen) atoms. The van der Waals surface area contributed by atoms with Crippen molar-refractivity contribution in [1.82, 2.24) is 9.80 Å². The van der Waals surface area contributed by atoms with Gasteiger partial charge in [-0.25, -0.2) is 19.6 Å². The Labute approximate surface area is 185 Å². The summed E-state index contributed by atoms with van der Waals surface area (Å²) < 4.78 is -1.97. The van der Waals surface area contributed by atoms with Gasteiger partial charge in [-0.3, -0.25) is 9.69 Å². The molecule has 6 nitrogen and oxygen atoms in total. The largest absolute Gasteiger partial charge is 0.337 e. The summed E-state index contributed by atoms with van der Waals surface area (Å²) in [6, 6.07) is 13.7. The third-order valence-electron chi connectivity index (χ3n) is 3.73. The van der Waals surface area contributed by atoms with Gasteiger partial charge in [-0.05, 0) is 12.1 Å². The maximum absolute atomic E-state index is 12.7. The molecule has 1 unspecified atom stereocenters. The number of halogens is 3. The monoisotopic (exact) mass is 452 g/mol. The summed E-state index contributed by atoms with van der Waals surface area (Å²) in [6.07, 6.45) is -0.150. The molecule has 0 bridgehead atoms. The minimum Gasteiger partial charge on any atom is -0.265 e. The number of para-hydroxylation sites is 1. The summed E-state index contributed by atoms with van der Waals surface area (Å²) in [4.78, 5) is 33.1. The van der Waals surface area contributed by atoms with E-state index in [-0.39, 0.29) is 5.84 Å². The highest BCUT2D eigenvalue weighted by atomic mass is 35.6. The number of hydrogen-bond donors (Lipinski definition) is 0. The Morgan fingerprint density at radius 1 is 1.07 bits per heavy atom. The van der Waals surface area contributed by atoms with Gasteiger partial charge in [-0.15, -0.1) is 0 Å². The van der Waals surface area contributed by atoms with Gasteiger partial charge in [0.15, 0.2) is 6.17 Å². The molecule has 0 saturated carbocycles. The summed E-state index contributed by atoms with van der Waals surface area (Å²) >= 11 is 18.5. The molecule has 1 atom stereocenters. The SMILES string of the molecule is CCC#CN(C#CCC)C(N=C1C(=O)N(C)C(=O)N1c1ccccc1)C(Cl)(Cl)Cl. The third kappa shape index (κ3) is 5.36. The highest BCUT2D eigenvalue weighted by Gasteiger charge is 2.45. The maximum atomic E-state index is 12.7. The third-order valence-corrected chi connectivity index (χ3v) is 4.32. The molecular formula is C20H19Cl3N4O2. The summed E-state index contributed by atoms with van der Waals surface area (Å²) in [6.45, 7) is 3.72. The second-order valence-corrected chi connectivity index (χ2v) is 8.21. The minimum absolute atomic E-state index is 0.179. The van der Waals surface area contributed by atoms with Crippen LogP contribution < -0.4 is 4.90 Å². The predicted molar refractivity (Wildman–Crippen MR) is 117 cm³/mol. The Bertz CT molecular complexity index is 898. The van der Waals surface area contributed by atoms with Crippen LogP contribution >= 0.6 is 34.8 Å². The fourth-order valence-corrected chi connectivity index (χ4v) is 2.81. The van der Waals surface area contributed by atoms with Crippen LogP contribution in [0.5, 0.6) is 0 Å². The molecule has 0 radical (unpaired) electrons. The second-order valence-electron chi connectivity index (χ2n) is 5.84. The Balaban J connectivity index is 2.63. The van der Waals surface area contributed by atoms with Gasteiger partial charge in [0, 0.05) is 32.0 Å². The van der Waals surface area contributed by atoms with Crippen molar-refractivity contribution < 1.29 is 9.59 Å². The molecule has 152 valence electrons. The van der Waals surface area contributed by atoms with Crippen molar-refractivity contribution >= 4 is 58.3 Å². The molecule has 0 aromatic heterocycles. The number of likely N-dealkylation sites (N-methyl/N-ethyl adjacent to an activating group) is 1. The highest BCUT2D eigenvalue weighted by Crippen LogP contribution is 2.35. The first-order valence-corrected chi connectivity index (χ1v) is 9.93. The number of amidine groups is 1. The molecule has 1 aliphatic rings. The number of carbonyl (C=O) groups excluding carboxylic acids is 2. The van der Waals surface area contributed by atoms with Crippen molar-refractivity contribution in [2.45, 2.75) is 36.6 Å². The summed E-state index contributed by atoms with van der Waals surface area (Å²) in [5.74, 6) is 4.92. The predicted octanol–water partition coefficient (Wildman–Crippen LogP) is 4.22. The van der Waals surface area contributed by atoms with E-state index < -0.39 is 21.9 Å². The highest BCUT2D eigenvalue weighted by molar-refractivity contribution is 6.68. The Hall–Kier alpha value is -2.38. The van der Waals surface area contributed by atoms with Gasteiger partial charge in [-0.2, -0.15) is 0 Å². The van der Waals surface area contributed by atoms with Crippen LogP contribution in [0.25, 0.3) is 0 Å². The quantitative estimate of drug-likeness (QED) is 0.298. The van der Waals surface area contributed by atoms with Crippen LogP contribution in [-0.2, 0) is 4.79 Å². The van der Waals surface area contributed by atoms with Crippen molar-refractivity contribution in [3.8, 4) is 23.9 Å². The van der Waals surface area contributed by atoms with E-state index in [0.29, 0.717) is 18.5 Å². The van der Waals surface area contributed by atoms with Crippen LogP contribution in [0.3, 0.4) is 0 Å². The second kappa shape index (κ2) is 9.89. The molecule has 0 N–H and O–H groups in total. The lowest BCUT2D eigenvalue weighted by molar-refractivity contribution is -0.119. The Kier molecular flexibility index (Phi) is 7.81. The number of amides is 3. The van der Waals surface area contributed by atoms with E-state index in [1.807, 2.05) is 13.8 Å². The summed E-state index contributed by atoms with van der Waals surface area (Å²) in [7, 11) is 1.36. The fourth-order valence-electron chi connectivity index (χ4n) is 2.37. The van der Waals surface area contributed by atoms with Crippen LogP contribution in [0, 0.1) is 23.9 Å². The van der Waals surface area contributed by atoms with E-state index >= 15 is 0 Å². The van der Waals surface area contributed by atoms with Crippen LogP contribution in [-0.4, -0.2) is 44.6 Å². The first kappa shape index (κ1) is 22.9. The van der Waals surface area contributed by atoms with Gasteiger partial charge in [0.1, 0.15) is 0 Å². The van der Waals surface area contributed by atoms with Crippen LogP contribution in [0.1, 0.15) is 26.7 Å². The lowest BCUT2D eigenvalue weighted by Crippen LogP contribution is -2.41. The molecule has 0 aliphatic carbocycles. The first-order valence-electron chi connectivity index (χ1n) is 8.80. The minimum atomic E-state index is -1.97. The normalized spacial score (nSPS) is 16.3. The molecular weight excluding hydrogens is 435 g/mol. The number of urea groups is 1. The first-order chi connectivity index (χ1) is 13.7. The van der Waals surface area contributed by atoms with E-state index in [0.717, 1.165) is 4.90 Å². The zero-order valence-electron chi connectivity index (χ0n) is 16.1. The van der Waals surface area contributed by atoms with Gasteiger partial charge < -0.3 is 0 Å². The molecule has 1 fully saturated rings. The topological polar surface area (TPSA) is 56.2 Å². The van der Waals surface area contributed by atoms with Crippen molar-refractivity contribution in [3.63, 3.8) is 0 Å². The van der Waals surface area contributed by atoms with Crippen molar-refractivity contribution in [3.05, 3.63) is 30.3 Å². The van der Waals surface area contributed by atoms with Gasteiger partial charge in [-0.1, -0.05) is 78.7 Å². The number of anilines is 1. The molecule has 1 aliphatic heterocycles. The standard InChI is InChI=1S/C20H19Cl3N4O2/c1-4-6-13-26(14-7-5-2)18(20(21,22)23)24-16-17(28)25(3)19(29)27(16)15-11-9-8-10-12-15/h8-12,18H,4-5H2,1-3H3. The zero-order valence-corrected chi connectivity index (χ0v) is 18.4. The van der Waals surface area contributed by atoms with Crippen molar-refractivity contribution in [2.24, 2.45) is 4.99 Å². The molecule has 0 spiro atoms. The molecule has 1 heterocycles. The van der Waals surface area contributed by atoms with Crippen LogP contribution in [0.15, 0.2) is 35.3 Å². The average Bonchev–Trinajstić information content (AvgIpc) is 2.90. The van der Waals surface area contributed by atoms with Crippen LogP contribution in [0.2, 0.25) is 0 Å². The molecule has 1 aromatic rings. The number of aliphatic imine (C=N–C) groups is 1. The van der Waals surface area contributed by atoms with Gasteiger partial charge in [0.2, 0.25) is 9.63 Å². The average molecular weight is 454 g/mol. The lowest BCUT2D eigenvalue weighted by Gasteiger charge is -2.27. The number of hydrogen-bond acceptors (Lipinski definition) is 4. The van der Waals surface area contributed by atoms with Crippen molar-refractivity contribution in [2.75, 3.05) is 11.9 Å². The maximum Gasteiger partial charge on any atom is 0.337 e. The molecule has 2 rings (SSSR count). The van der Waals surface area contributed by atoms with Crippen LogP contribution in [0.4, 0.5) is 10.5 Å². The molecule has 3 amide bonds. The Morgan fingerprint density at radius 2 is 1.62 bits per heavy atom. The fraction of sp³-hybridized carbons (Fsp3) is 0.350. The molecule has 1 saturated heterocycles. The van der Waals surface area contributed by atoms with Gasteiger partial charge >= 0.3 is 6.03 Å². The number of nitrogens with zero attached hydrogens (tertiary/aromatic N) is 4. The Morgan fingerprint density at radius 3 is 2.10 bits per heavy atom. The van der Waals surface area contributed by atoms with E-state index in [2.05, 4.69) is 28.9 Å². The summed E-state index contributed by atoms with van der Waals surface area (Å²) in [5, 5.41) is 0. The van der Waals surface area contributed by atoms with Gasteiger partial charge in [0.05, 0.1) is 5.69 Å². The lowest BCUT2D eigenvalue weighted by atomic mass is 10.3.